The minimum Gasteiger partial charge on any atom is -0.439 e. The lowest BCUT2D eigenvalue weighted by molar-refractivity contribution is -0.157. The van der Waals surface area contributed by atoms with E-state index in [1.54, 1.807) is 0 Å². The molecule has 0 unspecified atom stereocenters. The Morgan fingerprint density at radius 2 is 1.94 bits per heavy atom. The van der Waals surface area contributed by atoms with Crippen LogP contribution in [0.25, 0.3) is 5.82 Å². The summed E-state index contributed by atoms with van der Waals surface area (Å²) >= 11 is 0. The molecule has 8 nitrogen and oxygen atoms in total. The molecule has 1 aliphatic carbocycles. The number of carbonyl (C=O) groups excluding carboxylic acids is 1. The van der Waals surface area contributed by atoms with Gasteiger partial charge in [-0.2, -0.15) is 41.5 Å². The van der Waals surface area contributed by atoms with E-state index in [0.29, 0.717) is 36.6 Å². The van der Waals surface area contributed by atoms with Crippen molar-refractivity contribution in [3.63, 3.8) is 0 Å². The zero-order chi connectivity index (χ0) is 22.6. The minimum absolute atomic E-state index is 0.187. The molecule has 0 saturated heterocycles. The summed E-state index contributed by atoms with van der Waals surface area (Å²) in [6.07, 6.45) is -5.61. The maximum absolute atomic E-state index is 12.8. The molecule has 0 bridgehead atoms. The van der Waals surface area contributed by atoms with E-state index in [4.69, 9.17) is 0 Å². The molecule has 3 aromatic heterocycles. The minimum atomic E-state index is -4.75. The van der Waals surface area contributed by atoms with Gasteiger partial charge in [0, 0.05) is 24.9 Å². The SMILES string of the molecule is Cn1nc(C(F)(F)F)cc1C(=O)N[C@H]1CCCc2nn(-c3coc(C(F)(F)F)n3)cc21. The predicted octanol–water partition coefficient (Wildman–Crippen LogP) is 3.44. The summed E-state index contributed by atoms with van der Waals surface area (Å²) < 4.78 is 83.0. The Bertz CT molecular complexity index is 1130. The maximum atomic E-state index is 12.8. The van der Waals surface area contributed by atoms with Crippen molar-refractivity contribution in [3.05, 3.63) is 47.1 Å². The van der Waals surface area contributed by atoms with Crippen molar-refractivity contribution in [2.45, 2.75) is 37.7 Å². The van der Waals surface area contributed by atoms with Crippen molar-refractivity contribution in [2.75, 3.05) is 0 Å². The van der Waals surface area contributed by atoms with Crippen molar-refractivity contribution in [1.29, 1.82) is 0 Å². The van der Waals surface area contributed by atoms with Gasteiger partial charge >= 0.3 is 18.2 Å². The first-order chi connectivity index (χ1) is 14.4. The fourth-order valence-corrected chi connectivity index (χ4v) is 3.36. The topological polar surface area (TPSA) is 90.8 Å². The van der Waals surface area contributed by atoms with E-state index in [1.807, 2.05) is 0 Å². The Hall–Kier alpha value is -3.32. The number of rotatable bonds is 3. The summed E-state index contributed by atoms with van der Waals surface area (Å²) in [5.41, 5.74) is -0.398. The first-order valence-corrected chi connectivity index (χ1v) is 8.97. The third kappa shape index (κ3) is 4.01. The largest absolute Gasteiger partial charge is 0.469 e. The van der Waals surface area contributed by atoms with Gasteiger partial charge in [0.25, 0.3) is 5.91 Å². The number of oxazole rings is 1. The fraction of sp³-hybridized carbons (Fsp3) is 0.412. The molecule has 14 heteroatoms. The number of aromatic nitrogens is 5. The van der Waals surface area contributed by atoms with Gasteiger partial charge in [-0.05, 0) is 19.3 Å². The third-order valence-corrected chi connectivity index (χ3v) is 4.78. The molecule has 0 aliphatic heterocycles. The lowest BCUT2D eigenvalue weighted by Crippen LogP contribution is -2.31. The predicted molar refractivity (Wildman–Crippen MR) is 90.0 cm³/mol. The smallest absolute Gasteiger partial charge is 0.439 e. The van der Waals surface area contributed by atoms with Gasteiger partial charge in [-0.1, -0.05) is 0 Å². The Morgan fingerprint density at radius 1 is 1.19 bits per heavy atom. The average Bonchev–Trinajstić information content (AvgIpc) is 3.38. The van der Waals surface area contributed by atoms with Crippen LogP contribution < -0.4 is 5.32 Å². The Balaban J connectivity index is 1.57. The zero-order valence-corrected chi connectivity index (χ0v) is 15.8. The maximum Gasteiger partial charge on any atom is 0.469 e. The first kappa shape index (κ1) is 20.9. The second-order valence-corrected chi connectivity index (χ2v) is 6.94. The van der Waals surface area contributed by atoms with E-state index in [1.165, 1.54) is 13.2 Å². The molecule has 1 atom stereocenters. The van der Waals surface area contributed by atoms with Crippen LogP contribution in [0.4, 0.5) is 26.3 Å². The van der Waals surface area contributed by atoms with E-state index in [9.17, 15) is 31.1 Å². The van der Waals surface area contributed by atoms with Crippen LogP contribution in [0.2, 0.25) is 0 Å². The summed E-state index contributed by atoms with van der Waals surface area (Å²) in [5, 5.41) is 10.2. The van der Waals surface area contributed by atoms with Crippen LogP contribution in [0.1, 0.15) is 52.2 Å². The van der Waals surface area contributed by atoms with Gasteiger partial charge < -0.3 is 9.73 Å². The quantitative estimate of drug-likeness (QED) is 0.620. The van der Waals surface area contributed by atoms with E-state index in [2.05, 4.69) is 24.9 Å². The van der Waals surface area contributed by atoms with Crippen LogP contribution in [-0.4, -0.2) is 30.5 Å². The number of hydrogen-bond acceptors (Lipinski definition) is 5. The van der Waals surface area contributed by atoms with Crippen LogP contribution in [-0.2, 0) is 25.8 Å². The summed E-state index contributed by atoms with van der Waals surface area (Å²) in [4.78, 5) is 15.9. The molecular formula is C17H14F6N6O2. The number of nitrogens with zero attached hydrogens (tertiary/aromatic N) is 5. The van der Waals surface area contributed by atoms with Crippen molar-refractivity contribution in [1.82, 2.24) is 29.9 Å². The average molecular weight is 448 g/mol. The lowest BCUT2D eigenvalue weighted by Gasteiger charge is -2.22. The van der Waals surface area contributed by atoms with Gasteiger partial charge in [-0.3, -0.25) is 9.48 Å². The number of carbonyl (C=O) groups is 1. The van der Waals surface area contributed by atoms with Gasteiger partial charge in [0.05, 0.1) is 11.7 Å². The highest BCUT2D eigenvalue weighted by molar-refractivity contribution is 5.93. The van der Waals surface area contributed by atoms with Crippen LogP contribution >= 0.6 is 0 Å². The summed E-state index contributed by atoms with van der Waals surface area (Å²) in [7, 11) is 1.22. The highest BCUT2D eigenvalue weighted by atomic mass is 19.4. The van der Waals surface area contributed by atoms with E-state index >= 15 is 0 Å². The lowest BCUT2D eigenvalue weighted by atomic mass is 9.93. The molecule has 166 valence electrons. The number of aryl methyl sites for hydroxylation is 2. The monoisotopic (exact) mass is 448 g/mol. The highest BCUT2D eigenvalue weighted by Gasteiger charge is 2.38. The summed E-state index contributed by atoms with van der Waals surface area (Å²) in [6.45, 7) is 0. The molecule has 0 spiro atoms. The second-order valence-electron chi connectivity index (χ2n) is 6.94. The molecule has 4 rings (SSSR count). The molecule has 0 aromatic carbocycles. The normalized spacial score (nSPS) is 16.9. The molecule has 3 aromatic rings. The molecule has 31 heavy (non-hydrogen) atoms. The number of alkyl halides is 6. The van der Waals surface area contributed by atoms with Gasteiger partial charge in [-0.25, -0.2) is 4.68 Å². The Kier molecular flexibility index (Phi) is 4.81. The number of hydrogen-bond donors (Lipinski definition) is 1. The zero-order valence-electron chi connectivity index (χ0n) is 15.8. The van der Waals surface area contributed by atoms with Gasteiger partial charge in [0.2, 0.25) is 0 Å². The van der Waals surface area contributed by atoms with Gasteiger partial charge in [0.15, 0.2) is 11.5 Å². The Morgan fingerprint density at radius 3 is 2.55 bits per heavy atom. The van der Waals surface area contributed by atoms with Crippen molar-refractivity contribution in [2.24, 2.45) is 7.05 Å². The number of amides is 1. The molecule has 0 fully saturated rings. The summed E-state index contributed by atoms with van der Waals surface area (Å²) in [6, 6.07) is 0.0551. The Labute approximate surface area is 169 Å². The number of halogens is 6. The fourth-order valence-electron chi connectivity index (χ4n) is 3.36. The summed E-state index contributed by atoms with van der Waals surface area (Å²) in [5.74, 6) is -2.37. The van der Waals surface area contributed by atoms with Gasteiger partial charge in [-0.15, -0.1) is 0 Å². The molecule has 3 heterocycles. The highest BCUT2D eigenvalue weighted by Crippen LogP contribution is 2.33. The molecule has 0 radical (unpaired) electrons. The van der Waals surface area contributed by atoms with Crippen molar-refractivity contribution in [3.8, 4) is 5.82 Å². The van der Waals surface area contributed by atoms with Crippen LogP contribution in [0.15, 0.2) is 22.9 Å². The molecule has 1 aliphatic rings. The van der Waals surface area contributed by atoms with Crippen LogP contribution in [0, 0.1) is 0 Å². The molecular weight excluding hydrogens is 434 g/mol. The number of fused-ring (bicyclic) bond motifs is 1. The van der Waals surface area contributed by atoms with E-state index in [0.717, 1.165) is 15.6 Å². The number of nitrogens with one attached hydrogen (secondary N) is 1. The van der Waals surface area contributed by atoms with E-state index in [-0.39, 0.29) is 11.5 Å². The van der Waals surface area contributed by atoms with Crippen molar-refractivity contribution >= 4 is 5.91 Å². The molecule has 1 N–H and O–H groups in total. The van der Waals surface area contributed by atoms with Gasteiger partial charge in [0.1, 0.15) is 12.0 Å². The van der Waals surface area contributed by atoms with Crippen molar-refractivity contribution < 1.29 is 35.6 Å². The standard InChI is InChI=1S/C17H14F6N6O2/c1-28-11(5-12(27-28)16(18,19)20)14(30)24-9-3-2-4-10-8(9)6-29(26-10)13-7-31-15(25-13)17(21,22)23/h5-7,9H,2-4H2,1H3,(H,24,30)/t9-/m0/s1. The van der Waals surface area contributed by atoms with Crippen LogP contribution in [0.5, 0.6) is 0 Å². The molecule has 1 amide bonds. The van der Waals surface area contributed by atoms with Crippen LogP contribution in [0.3, 0.4) is 0 Å². The first-order valence-electron chi connectivity index (χ1n) is 8.97. The van der Waals surface area contributed by atoms with E-state index < -0.39 is 35.9 Å². The molecule has 0 saturated carbocycles. The third-order valence-electron chi connectivity index (χ3n) is 4.78. The second kappa shape index (κ2) is 7.13.